The van der Waals surface area contributed by atoms with Crippen LogP contribution in [-0.4, -0.2) is 39.0 Å². The molecule has 3 rings (SSSR count). The number of amides is 1. The lowest BCUT2D eigenvalue weighted by Crippen LogP contribution is -2.30. The summed E-state index contributed by atoms with van der Waals surface area (Å²) in [5, 5.41) is 0.309. The van der Waals surface area contributed by atoms with Crippen molar-refractivity contribution in [2.45, 2.75) is 12.8 Å². The van der Waals surface area contributed by atoms with Crippen molar-refractivity contribution >= 4 is 28.7 Å². The van der Waals surface area contributed by atoms with Gasteiger partial charge in [0.05, 0.1) is 0 Å². The number of halogens is 1. The molecule has 94 valence electrons. The van der Waals surface area contributed by atoms with Crippen molar-refractivity contribution in [3.63, 3.8) is 0 Å². The molecule has 0 spiro atoms. The van der Waals surface area contributed by atoms with Crippen molar-refractivity contribution in [3.05, 3.63) is 17.7 Å². The Bertz CT molecular complexity index is 592. The van der Waals surface area contributed by atoms with Crippen LogP contribution in [0.3, 0.4) is 0 Å². The van der Waals surface area contributed by atoms with Gasteiger partial charge in [-0.2, -0.15) is 0 Å². The zero-order valence-electron chi connectivity index (χ0n) is 9.52. The summed E-state index contributed by atoms with van der Waals surface area (Å²) in [6.07, 6.45) is 4.61. The molecule has 0 saturated carbocycles. The van der Waals surface area contributed by atoms with Gasteiger partial charge in [0, 0.05) is 19.3 Å². The van der Waals surface area contributed by atoms with Crippen LogP contribution in [0.5, 0.6) is 5.75 Å². The van der Waals surface area contributed by atoms with Crippen molar-refractivity contribution in [3.8, 4) is 5.75 Å². The largest absolute Gasteiger partial charge is 0.415 e. The Hall–Kier alpha value is -1.82. The van der Waals surface area contributed by atoms with Crippen molar-refractivity contribution in [2.24, 2.45) is 0 Å². The highest BCUT2D eigenvalue weighted by Crippen LogP contribution is 2.27. The van der Waals surface area contributed by atoms with E-state index in [0.717, 1.165) is 25.9 Å². The molecule has 1 aliphatic heterocycles. The zero-order chi connectivity index (χ0) is 12.5. The monoisotopic (exact) mass is 266 g/mol. The van der Waals surface area contributed by atoms with Crippen LogP contribution in [-0.2, 0) is 0 Å². The van der Waals surface area contributed by atoms with Gasteiger partial charge in [-0.3, -0.25) is 0 Å². The van der Waals surface area contributed by atoms with E-state index in [0.29, 0.717) is 21.9 Å². The number of carbonyl (C=O) groups is 1. The topological polar surface area (TPSA) is 71.1 Å². The molecule has 0 unspecified atom stereocenters. The van der Waals surface area contributed by atoms with Crippen LogP contribution in [0, 0.1) is 0 Å². The Labute approximate surface area is 108 Å². The first-order chi connectivity index (χ1) is 8.75. The Balaban J connectivity index is 1.86. The summed E-state index contributed by atoms with van der Waals surface area (Å²) < 4.78 is 5.31. The normalized spacial score (nSPS) is 15.3. The molecule has 2 aromatic heterocycles. The molecule has 2 aromatic rings. The highest BCUT2D eigenvalue weighted by molar-refractivity contribution is 6.33. The average Bonchev–Trinajstić information content (AvgIpc) is 2.99. The SMILES string of the molecule is O=C(Oc1c[nH]c2c(Cl)ncnc12)N1CCCC1. The molecule has 18 heavy (non-hydrogen) atoms. The summed E-state index contributed by atoms with van der Waals surface area (Å²) in [5.74, 6) is 0.381. The molecule has 1 aliphatic rings. The fraction of sp³-hybridized carbons (Fsp3) is 0.364. The summed E-state index contributed by atoms with van der Waals surface area (Å²) in [4.78, 5) is 24.3. The van der Waals surface area contributed by atoms with Gasteiger partial charge in [-0.15, -0.1) is 0 Å². The van der Waals surface area contributed by atoms with E-state index in [1.165, 1.54) is 6.33 Å². The predicted molar refractivity (Wildman–Crippen MR) is 65.7 cm³/mol. The van der Waals surface area contributed by atoms with Crippen molar-refractivity contribution in [1.29, 1.82) is 0 Å². The second kappa shape index (κ2) is 4.45. The molecular weight excluding hydrogens is 256 g/mol. The molecule has 7 heteroatoms. The number of rotatable bonds is 1. The number of hydrogen-bond acceptors (Lipinski definition) is 4. The molecular formula is C11H11ClN4O2. The van der Waals surface area contributed by atoms with Crippen LogP contribution in [0.25, 0.3) is 11.0 Å². The molecule has 6 nitrogen and oxygen atoms in total. The summed E-state index contributed by atoms with van der Waals surface area (Å²) >= 11 is 5.90. The van der Waals surface area contributed by atoms with Crippen LogP contribution < -0.4 is 4.74 Å². The number of aromatic nitrogens is 3. The van der Waals surface area contributed by atoms with Gasteiger partial charge in [-0.25, -0.2) is 14.8 Å². The van der Waals surface area contributed by atoms with E-state index in [-0.39, 0.29) is 6.09 Å². The van der Waals surface area contributed by atoms with E-state index in [1.54, 1.807) is 11.1 Å². The number of carbonyl (C=O) groups excluding carboxylic acids is 1. The third-order valence-electron chi connectivity index (χ3n) is 2.94. The van der Waals surface area contributed by atoms with E-state index in [2.05, 4.69) is 15.0 Å². The summed E-state index contributed by atoms with van der Waals surface area (Å²) in [6.45, 7) is 1.49. The summed E-state index contributed by atoms with van der Waals surface area (Å²) in [6, 6.07) is 0. The minimum Gasteiger partial charge on any atom is -0.406 e. The van der Waals surface area contributed by atoms with Crippen LogP contribution in [0.1, 0.15) is 12.8 Å². The van der Waals surface area contributed by atoms with Crippen molar-refractivity contribution in [1.82, 2.24) is 19.9 Å². The Morgan fingerprint density at radius 1 is 1.39 bits per heavy atom. The summed E-state index contributed by atoms with van der Waals surface area (Å²) in [5.41, 5.74) is 1.09. The predicted octanol–water partition coefficient (Wildman–Crippen LogP) is 2.21. The van der Waals surface area contributed by atoms with E-state index in [4.69, 9.17) is 16.3 Å². The van der Waals surface area contributed by atoms with Crippen LogP contribution in [0.2, 0.25) is 5.15 Å². The highest BCUT2D eigenvalue weighted by atomic mass is 35.5. The van der Waals surface area contributed by atoms with Crippen molar-refractivity contribution < 1.29 is 9.53 Å². The van der Waals surface area contributed by atoms with Gasteiger partial charge in [0.15, 0.2) is 10.9 Å². The zero-order valence-corrected chi connectivity index (χ0v) is 10.3. The van der Waals surface area contributed by atoms with E-state index in [1.807, 2.05) is 0 Å². The maximum atomic E-state index is 11.9. The molecule has 3 heterocycles. The number of likely N-dealkylation sites (tertiary alicyclic amines) is 1. The lowest BCUT2D eigenvalue weighted by Gasteiger charge is -2.13. The minimum absolute atomic E-state index is 0.309. The molecule has 0 aliphatic carbocycles. The third kappa shape index (κ3) is 1.88. The first-order valence-electron chi connectivity index (χ1n) is 5.70. The number of hydrogen-bond donors (Lipinski definition) is 1. The van der Waals surface area contributed by atoms with Crippen LogP contribution in [0.15, 0.2) is 12.5 Å². The number of ether oxygens (including phenoxy) is 1. The number of H-pyrrole nitrogens is 1. The molecule has 1 fully saturated rings. The van der Waals surface area contributed by atoms with E-state index < -0.39 is 0 Å². The number of nitrogens with zero attached hydrogens (tertiary/aromatic N) is 3. The van der Waals surface area contributed by atoms with Crippen molar-refractivity contribution in [2.75, 3.05) is 13.1 Å². The maximum absolute atomic E-state index is 11.9. The standard InChI is InChI=1S/C11H11ClN4O2/c12-10-9-8(14-6-15-10)7(5-13-9)18-11(17)16-3-1-2-4-16/h5-6,13H,1-4H2. The Morgan fingerprint density at radius 3 is 2.94 bits per heavy atom. The van der Waals surface area contributed by atoms with Gasteiger partial charge in [0.2, 0.25) is 0 Å². The first-order valence-corrected chi connectivity index (χ1v) is 6.08. The van der Waals surface area contributed by atoms with E-state index >= 15 is 0 Å². The molecule has 1 N–H and O–H groups in total. The average molecular weight is 267 g/mol. The minimum atomic E-state index is -0.344. The number of fused-ring (bicyclic) bond motifs is 1. The quantitative estimate of drug-likeness (QED) is 0.804. The lowest BCUT2D eigenvalue weighted by atomic mass is 10.4. The Kier molecular flexibility index (Phi) is 2.79. The van der Waals surface area contributed by atoms with Gasteiger partial charge in [-0.05, 0) is 12.8 Å². The molecule has 0 atom stereocenters. The van der Waals surface area contributed by atoms with Crippen LogP contribution >= 0.6 is 11.6 Å². The van der Waals surface area contributed by atoms with Gasteiger partial charge < -0.3 is 14.6 Å². The molecule has 0 bridgehead atoms. The summed E-state index contributed by atoms with van der Waals surface area (Å²) in [7, 11) is 0. The second-order valence-electron chi connectivity index (χ2n) is 4.10. The van der Waals surface area contributed by atoms with Gasteiger partial charge in [0.1, 0.15) is 17.4 Å². The second-order valence-corrected chi connectivity index (χ2v) is 4.46. The van der Waals surface area contributed by atoms with Gasteiger partial charge in [-0.1, -0.05) is 11.6 Å². The van der Waals surface area contributed by atoms with Gasteiger partial charge >= 0.3 is 6.09 Å². The highest BCUT2D eigenvalue weighted by Gasteiger charge is 2.21. The smallest absolute Gasteiger partial charge is 0.406 e. The van der Waals surface area contributed by atoms with E-state index in [9.17, 15) is 4.79 Å². The first kappa shape index (κ1) is 11.3. The lowest BCUT2D eigenvalue weighted by molar-refractivity contribution is 0.163. The molecule has 0 aromatic carbocycles. The molecule has 0 radical (unpaired) electrons. The number of aromatic amines is 1. The fourth-order valence-corrected chi connectivity index (χ4v) is 2.21. The molecule has 1 saturated heterocycles. The molecule has 1 amide bonds. The van der Waals surface area contributed by atoms with Gasteiger partial charge in [0.25, 0.3) is 0 Å². The van der Waals surface area contributed by atoms with Crippen LogP contribution in [0.4, 0.5) is 4.79 Å². The fourth-order valence-electron chi connectivity index (χ4n) is 2.02. The third-order valence-corrected chi connectivity index (χ3v) is 3.23. The maximum Gasteiger partial charge on any atom is 0.415 e. The number of nitrogens with one attached hydrogen (secondary N) is 1. The Morgan fingerprint density at radius 2 is 2.17 bits per heavy atom.